The summed E-state index contributed by atoms with van der Waals surface area (Å²) in [5, 5.41) is 11.9. The van der Waals surface area contributed by atoms with Gasteiger partial charge >= 0.3 is 0 Å². The minimum atomic E-state index is -2.87. The fourth-order valence-corrected chi connectivity index (χ4v) is 2.04. The molecule has 0 aliphatic heterocycles. The van der Waals surface area contributed by atoms with Gasteiger partial charge in [-0.3, -0.25) is 4.79 Å². The van der Waals surface area contributed by atoms with Crippen LogP contribution in [-0.2, 0) is 4.79 Å². The summed E-state index contributed by atoms with van der Waals surface area (Å²) < 4.78 is 24.4. The van der Waals surface area contributed by atoms with Gasteiger partial charge in [0.1, 0.15) is 6.10 Å². The van der Waals surface area contributed by atoms with Crippen molar-refractivity contribution in [3.8, 4) is 0 Å². The number of aliphatic hydroxyl groups excluding tert-OH is 1. The van der Waals surface area contributed by atoms with Gasteiger partial charge < -0.3 is 10.4 Å². The monoisotopic (exact) mass is 305 g/mol. The zero-order valence-electron chi connectivity index (χ0n) is 11.3. The molecule has 2 unspecified atom stereocenters. The predicted octanol–water partition coefficient (Wildman–Crippen LogP) is 2.82. The number of benzene rings is 1. The highest BCUT2D eigenvalue weighted by Gasteiger charge is 2.25. The van der Waals surface area contributed by atoms with E-state index in [-0.39, 0.29) is 11.8 Å². The molecule has 0 fully saturated rings. The van der Waals surface area contributed by atoms with Crippen LogP contribution < -0.4 is 5.32 Å². The van der Waals surface area contributed by atoms with Gasteiger partial charge in [0.05, 0.1) is 5.92 Å². The van der Waals surface area contributed by atoms with Crippen LogP contribution in [0.1, 0.15) is 25.3 Å². The number of hydrogen-bond donors (Lipinski definition) is 2. The van der Waals surface area contributed by atoms with Crippen LogP contribution in [-0.4, -0.2) is 30.1 Å². The average molecular weight is 306 g/mol. The molecule has 112 valence electrons. The second-order valence-corrected chi connectivity index (χ2v) is 5.36. The Balaban J connectivity index is 2.76. The number of rotatable bonds is 6. The summed E-state index contributed by atoms with van der Waals surface area (Å²) in [5.74, 6) is -0.876. The number of hydrogen-bond acceptors (Lipinski definition) is 2. The zero-order valence-corrected chi connectivity index (χ0v) is 12.1. The molecule has 0 spiro atoms. The molecule has 1 aromatic carbocycles. The van der Waals surface area contributed by atoms with Crippen molar-refractivity contribution in [2.24, 2.45) is 5.92 Å². The molecule has 6 heteroatoms. The van der Waals surface area contributed by atoms with Crippen LogP contribution in [0, 0.1) is 5.92 Å². The summed E-state index contributed by atoms with van der Waals surface area (Å²) in [6.07, 6.45) is -4.72. The first-order chi connectivity index (χ1) is 9.32. The summed E-state index contributed by atoms with van der Waals surface area (Å²) in [4.78, 5) is 12.1. The first kappa shape index (κ1) is 16.9. The van der Waals surface area contributed by atoms with E-state index in [4.69, 9.17) is 16.7 Å². The molecule has 0 aromatic heterocycles. The third-order valence-electron chi connectivity index (χ3n) is 2.95. The zero-order chi connectivity index (χ0) is 15.3. The van der Waals surface area contributed by atoms with Crippen molar-refractivity contribution in [2.45, 2.75) is 32.3 Å². The van der Waals surface area contributed by atoms with Crippen LogP contribution in [0.3, 0.4) is 0 Å². The second-order valence-electron chi connectivity index (χ2n) is 4.92. The second kappa shape index (κ2) is 7.55. The normalized spacial score (nSPS) is 14.4. The van der Waals surface area contributed by atoms with Crippen molar-refractivity contribution < 1.29 is 18.7 Å². The standard InChI is InChI=1S/C14H18ClF2NO2/c1-8(2)12(9-3-5-10(15)6-4-9)14(20)18-7-11(19)13(16)17/h3-6,8,11-13,19H,7H2,1-2H3,(H,18,20). The summed E-state index contributed by atoms with van der Waals surface area (Å²) in [5.41, 5.74) is 0.758. The third-order valence-corrected chi connectivity index (χ3v) is 3.21. The van der Waals surface area contributed by atoms with Gasteiger partial charge in [0.2, 0.25) is 5.91 Å². The SMILES string of the molecule is CC(C)C(C(=O)NCC(O)C(F)F)c1ccc(Cl)cc1. The Hall–Kier alpha value is -1.20. The van der Waals surface area contributed by atoms with E-state index in [1.165, 1.54) is 0 Å². The Morgan fingerprint density at radius 2 is 1.85 bits per heavy atom. The molecule has 0 aliphatic carbocycles. The maximum Gasteiger partial charge on any atom is 0.265 e. The van der Waals surface area contributed by atoms with E-state index in [2.05, 4.69) is 5.32 Å². The van der Waals surface area contributed by atoms with Gasteiger partial charge in [-0.05, 0) is 23.6 Å². The highest BCUT2D eigenvalue weighted by atomic mass is 35.5. The molecular weight excluding hydrogens is 288 g/mol. The highest BCUT2D eigenvalue weighted by molar-refractivity contribution is 6.30. The van der Waals surface area contributed by atoms with Crippen molar-refractivity contribution in [1.29, 1.82) is 0 Å². The van der Waals surface area contributed by atoms with E-state index in [0.29, 0.717) is 5.02 Å². The molecule has 0 radical (unpaired) electrons. The van der Waals surface area contributed by atoms with Crippen molar-refractivity contribution in [3.63, 3.8) is 0 Å². The van der Waals surface area contributed by atoms with Crippen molar-refractivity contribution in [1.82, 2.24) is 5.32 Å². The van der Waals surface area contributed by atoms with Crippen LogP contribution in [0.5, 0.6) is 0 Å². The molecule has 3 nitrogen and oxygen atoms in total. The van der Waals surface area contributed by atoms with Crippen LogP contribution >= 0.6 is 11.6 Å². The van der Waals surface area contributed by atoms with Gasteiger partial charge in [-0.25, -0.2) is 8.78 Å². The first-order valence-corrected chi connectivity index (χ1v) is 6.70. The minimum absolute atomic E-state index is 0.0140. The molecule has 1 amide bonds. The Bertz CT molecular complexity index is 437. The molecule has 0 heterocycles. The van der Waals surface area contributed by atoms with E-state index in [1.54, 1.807) is 24.3 Å². The van der Waals surface area contributed by atoms with Crippen LogP contribution in [0.4, 0.5) is 8.78 Å². The molecule has 0 aliphatic rings. The maximum absolute atomic E-state index is 12.2. The van der Waals surface area contributed by atoms with Gasteiger partial charge in [0.25, 0.3) is 6.43 Å². The van der Waals surface area contributed by atoms with Gasteiger partial charge in [0.15, 0.2) is 0 Å². The number of nitrogens with one attached hydrogen (secondary N) is 1. The van der Waals surface area contributed by atoms with Gasteiger partial charge in [-0.1, -0.05) is 37.6 Å². The Morgan fingerprint density at radius 1 is 1.30 bits per heavy atom. The van der Waals surface area contributed by atoms with Crippen molar-refractivity contribution in [2.75, 3.05) is 6.54 Å². The molecular formula is C14H18ClF2NO2. The largest absolute Gasteiger partial charge is 0.385 e. The topological polar surface area (TPSA) is 49.3 Å². The first-order valence-electron chi connectivity index (χ1n) is 6.32. The van der Waals surface area contributed by atoms with Gasteiger partial charge in [-0.2, -0.15) is 0 Å². The number of alkyl halides is 2. The quantitative estimate of drug-likeness (QED) is 0.849. The van der Waals surface area contributed by atoms with E-state index >= 15 is 0 Å². The number of carbonyl (C=O) groups excluding carboxylic acids is 1. The lowest BCUT2D eigenvalue weighted by Gasteiger charge is -2.21. The molecule has 20 heavy (non-hydrogen) atoms. The van der Waals surface area contributed by atoms with Crippen LogP contribution in [0.15, 0.2) is 24.3 Å². The summed E-state index contributed by atoms with van der Waals surface area (Å²) in [6, 6.07) is 6.81. The van der Waals surface area contributed by atoms with E-state index in [1.807, 2.05) is 13.8 Å². The Kier molecular flexibility index (Phi) is 6.36. The summed E-state index contributed by atoms with van der Waals surface area (Å²) in [6.45, 7) is 3.26. The number of halogens is 3. The lowest BCUT2D eigenvalue weighted by Crippen LogP contribution is -2.39. The molecule has 2 N–H and O–H groups in total. The number of amides is 1. The molecule has 0 saturated heterocycles. The molecule has 0 bridgehead atoms. The lowest BCUT2D eigenvalue weighted by molar-refractivity contribution is -0.124. The van der Waals surface area contributed by atoms with Gasteiger partial charge in [-0.15, -0.1) is 0 Å². The highest BCUT2D eigenvalue weighted by Crippen LogP contribution is 2.26. The Labute approximate surface area is 121 Å². The Morgan fingerprint density at radius 3 is 2.30 bits per heavy atom. The molecule has 0 saturated carbocycles. The van der Waals surface area contributed by atoms with Crippen molar-refractivity contribution in [3.05, 3.63) is 34.9 Å². The van der Waals surface area contributed by atoms with Crippen LogP contribution in [0.25, 0.3) is 0 Å². The van der Waals surface area contributed by atoms with E-state index in [9.17, 15) is 13.6 Å². The number of carbonyl (C=O) groups is 1. The maximum atomic E-state index is 12.2. The number of aliphatic hydroxyl groups is 1. The van der Waals surface area contributed by atoms with E-state index < -0.39 is 25.0 Å². The summed E-state index contributed by atoms with van der Waals surface area (Å²) >= 11 is 5.80. The summed E-state index contributed by atoms with van der Waals surface area (Å²) in [7, 11) is 0. The smallest absolute Gasteiger partial charge is 0.265 e. The fourth-order valence-electron chi connectivity index (χ4n) is 1.91. The average Bonchev–Trinajstić information content (AvgIpc) is 2.38. The fraction of sp³-hybridized carbons (Fsp3) is 0.500. The molecule has 1 aromatic rings. The molecule has 1 rings (SSSR count). The minimum Gasteiger partial charge on any atom is -0.385 e. The van der Waals surface area contributed by atoms with E-state index in [0.717, 1.165) is 5.56 Å². The van der Waals surface area contributed by atoms with Crippen molar-refractivity contribution >= 4 is 17.5 Å². The third kappa shape index (κ3) is 4.72. The lowest BCUT2D eigenvalue weighted by atomic mass is 9.87. The predicted molar refractivity (Wildman–Crippen MR) is 74.1 cm³/mol. The molecule has 2 atom stereocenters. The van der Waals surface area contributed by atoms with Crippen LogP contribution in [0.2, 0.25) is 5.02 Å². The van der Waals surface area contributed by atoms with Gasteiger partial charge in [0, 0.05) is 11.6 Å².